The number of hydrogen-bond acceptors (Lipinski definition) is 6. The van der Waals surface area contributed by atoms with Crippen LogP contribution in [0.15, 0.2) is 31.5 Å². The first-order valence-electron chi connectivity index (χ1n) is 7.95. The Labute approximate surface area is 146 Å². The van der Waals surface area contributed by atoms with Gasteiger partial charge in [-0.1, -0.05) is 0 Å². The fourth-order valence-corrected chi connectivity index (χ4v) is 3.66. The van der Waals surface area contributed by atoms with Crippen molar-refractivity contribution in [3.63, 3.8) is 0 Å². The number of pyridine rings is 2. The van der Waals surface area contributed by atoms with E-state index in [1.807, 2.05) is 0 Å². The molecule has 8 heteroatoms. The lowest BCUT2D eigenvalue weighted by Gasteiger charge is -2.19. The summed E-state index contributed by atoms with van der Waals surface area (Å²) in [5.74, 6) is -0.233. The Hall–Kier alpha value is -3.42. The van der Waals surface area contributed by atoms with E-state index in [0.717, 1.165) is 9.13 Å². The van der Waals surface area contributed by atoms with Crippen LogP contribution in [-0.2, 0) is 14.1 Å². The van der Waals surface area contributed by atoms with Crippen molar-refractivity contribution in [2.45, 2.75) is 0 Å². The second kappa shape index (κ2) is 5.04. The average Bonchev–Trinajstić information content (AvgIpc) is 2.65. The van der Waals surface area contributed by atoms with Crippen molar-refractivity contribution >= 4 is 27.2 Å². The molecule has 4 rings (SSSR count). The first kappa shape index (κ1) is 16.1. The van der Waals surface area contributed by atoms with Crippen LogP contribution >= 0.6 is 0 Å². The number of aromatic nitrogens is 2. The van der Waals surface area contributed by atoms with Gasteiger partial charge in [-0.2, -0.15) is 0 Å². The van der Waals surface area contributed by atoms with Crippen LogP contribution in [0.3, 0.4) is 0 Å². The van der Waals surface area contributed by atoms with E-state index in [1.165, 1.54) is 27.2 Å². The van der Waals surface area contributed by atoms with Crippen molar-refractivity contribution in [2.24, 2.45) is 19.1 Å². The highest BCUT2D eigenvalue weighted by Crippen LogP contribution is 2.40. The number of nitrogens with one attached hydrogen (secondary N) is 1. The molecular weight excluding hydrogens is 336 g/mol. The molecule has 0 spiro atoms. The predicted molar refractivity (Wildman–Crippen MR) is 99.9 cm³/mol. The number of aromatic hydroxyl groups is 1. The Balaban J connectivity index is 2.61. The van der Waals surface area contributed by atoms with Gasteiger partial charge in [0.05, 0.1) is 21.7 Å². The van der Waals surface area contributed by atoms with Gasteiger partial charge >= 0.3 is 0 Å². The van der Waals surface area contributed by atoms with Crippen molar-refractivity contribution in [1.82, 2.24) is 9.13 Å². The molecule has 1 aliphatic heterocycles. The van der Waals surface area contributed by atoms with Gasteiger partial charge in [-0.05, 0) is 12.1 Å². The zero-order valence-corrected chi connectivity index (χ0v) is 14.7. The van der Waals surface area contributed by atoms with E-state index in [2.05, 4.69) is 10.3 Å². The summed E-state index contributed by atoms with van der Waals surface area (Å²) in [6, 6.07) is 3.15. The standard InChI is InChI=1S/C18H16N4O4/c1-19-9-5-7-12-11-8(16(24)21(3)17(25)13(9)11)6-10(20-2)14(12)18(26)22(4)15(7)23/h5-6,19,23H,1-4H3. The molecule has 0 atom stereocenters. The Morgan fingerprint density at radius 1 is 0.962 bits per heavy atom. The molecule has 0 saturated carbocycles. The number of anilines is 1. The van der Waals surface area contributed by atoms with Crippen molar-refractivity contribution in [3.05, 3.63) is 48.6 Å². The van der Waals surface area contributed by atoms with Crippen molar-refractivity contribution < 1.29 is 5.11 Å². The molecule has 132 valence electrons. The van der Waals surface area contributed by atoms with Gasteiger partial charge in [0.15, 0.2) is 0 Å². The molecule has 0 bridgehead atoms. The molecule has 1 aromatic carbocycles. The Morgan fingerprint density at radius 2 is 1.62 bits per heavy atom. The van der Waals surface area contributed by atoms with E-state index >= 15 is 0 Å². The molecule has 26 heavy (non-hydrogen) atoms. The maximum atomic E-state index is 12.8. The highest BCUT2D eigenvalue weighted by molar-refractivity contribution is 6.18. The van der Waals surface area contributed by atoms with Gasteiger partial charge < -0.3 is 10.4 Å². The first-order chi connectivity index (χ1) is 12.3. The summed E-state index contributed by atoms with van der Waals surface area (Å²) in [4.78, 5) is 42.4. The molecule has 0 amide bonds. The lowest BCUT2D eigenvalue weighted by Crippen LogP contribution is -2.35. The molecule has 0 fully saturated rings. The van der Waals surface area contributed by atoms with Crippen LogP contribution in [-0.4, -0.2) is 28.3 Å². The summed E-state index contributed by atoms with van der Waals surface area (Å²) < 4.78 is 2.17. The third-order valence-electron chi connectivity index (χ3n) is 5.02. The second-order valence-corrected chi connectivity index (χ2v) is 6.25. The zero-order valence-electron chi connectivity index (χ0n) is 14.7. The van der Waals surface area contributed by atoms with Crippen LogP contribution in [0.4, 0.5) is 5.69 Å². The minimum atomic E-state index is -0.469. The Bertz CT molecular complexity index is 1410. The van der Waals surface area contributed by atoms with Crippen molar-refractivity contribution in [2.75, 3.05) is 19.4 Å². The third-order valence-corrected chi connectivity index (χ3v) is 5.02. The van der Waals surface area contributed by atoms with E-state index in [0.29, 0.717) is 32.8 Å². The molecule has 1 aliphatic carbocycles. The summed E-state index contributed by atoms with van der Waals surface area (Å²) in [6.07, 6.45) is 0. The predicted octanol–water partition coefficient (Wildman–Crippen LogP) is 0.00880. The van der Waals surface area contributed by atoms with Crippen LogP contribution < -0.4 is 27.4 Å². The fourth-order valence-electron chi connectivity index (χ4n) is 3.66. The minimum Gasteiger partial charge on any atom is -0.494 e. The summed E-state index contributed by atoms with van der Waals surface area (Å²) in [5, 5.41) is 15.2. The zero-order chi connectivity index (χ0) is 18.9. The number of rotatable bonds is 1. The molecular formula is C18H16N4O4. The van der Waals surface area contributed by atoms with Crippen molar-refractivity contribution in [1.29, 1.82) is 0 Å². The van der Waals surface area contributed by atoms with Crippen molar-refractivity contribution in [3.8, 4) is 17.0 Å². The SMILES string of the molecule is CN=c1cc2c(=O)n(C)c(=O)c3c(NC)cc4c(O)n(C)c(=O)c1c4c3-2. The van der Waals surface area contributed by atoms with Gasteiger partial charge in [0.2, 0.25) is 5.88 Å². The van der Waals surface area contributed by atoms with E-state index in [-0.39, 0.29) is 16.8 Å². The maximum Gasteiger partial charge on any atom is 0.263 e. The first-order valence-corrected chi connectivity index (χ1v) is 7.95. The van der Waals surface area contributed by atoms with Gasteiger partial charge in [-0.15, -0.1) is 0 Å². The highest BCUT2D eigenvalue weighted by Gasteiger charge is 2.27. The smallest absolute Gasteiger partial charge is 0.263 e. The second-order valence-electron chi connectivity index (χ2n) is 6.25. The number of hydrogen-bond donors (Lipinski definition) is 2. The van der Waals surface area contributed by atoms with Gasteiger partial charge in [0.25, 0.3) is 16.7 Å². The molecule has 0 radical (unpaired) electrons. The van der Waals surface area contributed by atoms with E-state index in [1.54, 1.807) is 13.1 Å². The average molecular weight is 352 g/mol. The quantitative estimate of drug-likeness (QED) is 0.470. The van der Waals surface area contributed by atoms with E-state index in [9.17, 15) is 19.5 Å². The molecule has 2 heterocycles. The lowest BCUT2D eigenvalue weighted by atomic mass is 9.89. The maximum absolute atomic E-state index is 12.8. The lowest BCUT2D eigenvalue weighted by molar-refractivity contribution is 0.431. The third kappa shape index (κ3) is 1.68. The highest BCUT2D eigenvalue weighted by atomic mass is 16.3. The fraction of sp³-hybridized carbons (Fsp3) is 0.222. The Morgan fingerprint density at radius 3 is 2.23 bits per heavy atom. The minimum absolute atomic E-state index is 0.233. The van der Waals surface area contributed by atoms with Gasteiger partial charge in [-0.25, -0.2) is 0 Å². The summed E-state index contributed by atoms with van der Waals surface area (Å²) in [5.41, 5.74) is -0.246. The summed E-state index contributed by atoms with van der Waals surface area (Å²) in [7, 11) is 6.06. The molecule has 8 nitrogen and oxygen atoms in total. The van der Waals surface area contributed by atoms with Crippen LogP contribution in [0.5, 0.6) is 5.88 Å². The molecule has 0 saturated heterocycles. The molecule has 1 aromatic heterocycles. The summed E-state index contributed by atoms with van der Waals surface area (Å²) in [6.45, 7) is 0. The largest absolute Gasteiger partial charge is 0.494 e. The van der Waals surface area contributed by atoms with Gasteiger partial charge in [0, 0.05) is 50.2 Å². The number of benzene rings is 2. The monoisotopic (exact) mass is 352 g/mol. The van der Waals surface area contributed by atoms with Gasteiger partial charge in [-0.3, -0.25) is 28.5 Å². The van der Waals surface area contributed by atoms with Crippen LogP contribution in [0.2, 0.25) is 0 Å². The van der Waals surface area contributed by atoms with Gasteiger partial charge in [0.1, 0.15) is 0 Å². The normalized spacial score (nSPS) is 12.7. The Kier molecular flexibility index (Phi) is 3.12. The van der Waals surface area contributed by atoms with E-state index in [4.69, 9.17) is 0 Å². The molecule has 2 aliphatic rings. The van der Waals surface area contributed by atoms with E-state index < -0.39 is 16.7 Å². The molecule has 2 aromatic rings. The van der Waals surface area contributed by atoms with Crippen LogP contribution in [0.1, 0.15) is 0 Å². The van der Waals surface area contributed by atoms with Crippen LogP contribution in [0.25, 0.3) is 32.7 Å². The number of nitrogens with zero attached hydrogens (tertiary/aromatic N) is 3. The molecule has 2 N–H and O–H groups in total. The van der Waals surface area contributed by atoms with Crippen LogP contribution in [0, 0.1) is 0 Å². The topological polar surface area (TPSA) is 106 Å². The summed E-state index contributed by atoms with van der Waals surface area (Å²) >= 11 is 0. The molecule has 0 unspecified atom stereocenters.